The van der Waals surface area contributed by atoms with Crippen molar-refractivity contribution in [2.45, 2.75) is 51.9 Å². The van der Waals surface area contributed by atoms with Gasteiger partial charge >= 0.3 is 0 Å². The molecular weight excluding hydrogens is 330 g/mol. The smallest absolute Gasteiger partial charge is 0.238 e. The minimum absolute atomic E-state index is 0.00216. The fourth-order valence-electron chi connectivity index (χ4n) is 3.29. The van der Waals surface area contributed by atoms with Gasteiger partial charge in [0.15, 0.2) is 0 Å². The number of methoxy groups -OCH3 is 1. The number of nitrogens with one attached hydrogen (secondary N) is 3. The van der Waals surface area contributed by atoms with Crippen LogP contribution in [0.25, 0.3) is 0 Å². The number of hydrazine groups is 1. The maximum atomic E-state index is 12.6. The molecule has 3 N–H and O–H groups in total. The van der Waals surface area contributed by atoms with Crippen LogP contribution >= 0.6 is 0 Å². The fourth-order valence-corrected chi connectivity index (χ4v) is 3.29. The monoisotopic (exact) mass is 357 g/mol. The molecule has 1 aliphatic heterocycles. The number of aromatic nitrogens is 2. The van der Waals surface area contributed by atoms with Gasteiger partial charge in [-0.3, -0.25) is 9.48 Å². The number of carbonyl (C=O) groups excluding carboxylic acids is 1. The predicted octanol–water partition coefficient (Wildman–Crippen LogP) is 1.62. The van der Waals surface area contributed by atoms with E-state index in [4.69, 9.17) is 4.74 Å². The van der Waals surface area contributed by atoms with Gasteiger partial charge in [-0.05, 0) is 51.0 Å². The van der Waals surface area contributed by atoms with Crippen molar-refractivity contribution in [1.29, 1.82) is 0 Å². The Morgan fingerprint density at radius 3 is 2.69 bits per heavy atom. The lowest BCUT2D eigenvalue weighted by atomic mass is 10.0. The van der Waals surface area contributed by atoms with Gasteiger partial charge in [-0.15, -0.1) is 0 Å². The molecule has 0 bridgehead atoms. The van der Waals surface area contributed by atoms with Crippen LogP contribution in [-0.4, -0.2) is 34.9 Å². The van der Waals surface area contributed by atoms with Crippen molar-refractivity contribution >= 4 is 5.91 Å². The van der Waals surface area contributed by atoms with Crippen molar-refractivity contribution in [1.82, 2.24) is 25.9 Å². The van der Waals surface area contributed by atoms with E-state index in [1.807, 2.05) is 55.8 Å². The van der Waals surface area contributed by atoms with Crippen LogP contribution in [0, 0.1) is 13.8 Å². The van der Waals surface area contributed by atoms with Crippen molar-refractivity contribution in [3.05, 3.63) is 47.3 Å². The van der Waals surface area contributed by atoms with Crippen molar-refractivity contribution in [2.75, 3.05) is 7.11 Å². The maximum Gasteiger partial charge on any atom is 0.238 e. The normalized spacial score (nSPS) is 20.8. The van der Waals surface area contributed by atoms with Gasteiger partial charge in [0.2, 0.25) is 5.91 Å². The van der Waals surface area contributed by atoms with Gasteiger partial charge in [-0.2, -0.15) is 5.10 Å². The lowest BCUT2D eigenvalue weighted by Gasteiger charge is -2.17. The third-order valence-electron chi connectivity index (χ3n) is 4.68. The molecule has 7 nitrogen and oxygen atoms in total. The van der Waals surface area contributed by atoms with Gasteiger partial charge in [0.05, 0.1) is 19.3 Å². The highest BCUT2D eigenvalue weighted by atomic mass is 16.5. The Kier molecular flexibility index (Phi) is 5.58. The Labute approximate surface area is 154 Å². The molecule has 0 radical (unpaired) electrons. The standard InChI is InChI=1S/C19H27N5O2/c1-12-9-14(3)24(23-12)11-13(2)20-19(25)18-10-17(21-22-18)15-5-7-16(26-4)8-6-15/h5-9,13,17-18,21-22H,10-11H2,1-4H3,(H,20,25). The topological polar surface area (TPSA) is 80.2 Å². The van der Waals surface area contributed by atoms with Gasteiger partial charge in [0.1, 0.15) is 11.8 Å². The van der Waals surface area contributed by atoms with Gasteiger partial charge in [-0.25, -0.2) is 10.9 Å². The van der Waals surface area contributed by atoms with E-state index >= 15 is 0 Å². The van der Waals surface area contributed by atoms with E-state index in [9.17, 15) is 4.79 Å². The SMILES string of the molecule is COc1ccc(C2CC(C(=O)NC(C)Cn3nc(C)cc3C)NN2)cc1. The molecule has 0 saturated carbocycles. The molecule has 26 heavy (non-hydrogen) atoms. The lowest BCUT2D eigenvalue weighted by Crippen LogP contribution is -2.47. The Bertz CT molecular complexity index is 756. The van der Waals surface area contributed by atoms with E-state index in [0.29, 0.717) is 13.0 Å². The highest BCUT2D eigenvalue weighted by molar-refractivity contribution is 5.82. The fraction of sp³-hybridized carbons (Fsp3) is 0.474. The molecule has 2 heterocycles. The number of aryl methyl sites for hydroxylation is 2. The van der Waals surface area contributed by atoms with Crippen LogP contribution in [-0.2, 0) is 11.3 Å². The molecule has 1 aromatic carbocycles. The van der Waals surface area contributed by atoms with Crippen LogP contribution < -0.4 is 20.9 Å². The van der Waals surface area contributed by atoms with Crippen LogP contribution in [0.3, 0.4) is 0 Å². The third-order valence-corrected chi connectivity index (χ3v) is 4.68. The zero-order valence-electron chi connectivity index (χ0n) is 15.7. The molecule has 2 aromatic rings. The largest absolute Gasteiger partial charge is 0.497 e. The highest BCUT2D eigenvalue weighted by Gasteiger charge is 2.30. The summed E-state index contributed by atoms with van der Waals surface area (Å²) in [6.07, 6.45) is 0.699. The maximum absolute atomic E-state index is 12.6. The molecule has 0 aliphatic carbocycles. The first-order chi connectivity index (χ1) is 12.5. The number of rotatable bonds is 6. The van der Waals surface area contributed by atoms with E-state index in [2.05, 4.69) is 21.3 Å². The second-order valence-corrected chi connectivity index (χ2v) is 6.92. The molecule has 1 saturated heterocycles. The molecule has 7 heteroatoms. The summed E-state index contributed by atoms with van der Waals surface area (Å²) in [6, 6.07) is 9.78. The summed E-state index contributed by atoms with van der Waals surface area (Å²) in [6.45, 7) is 6.65. The summed E-state index contributed by atoms with van der Waals surface area (Å²) in [7, 11) is 1.65. The zero-order chi connectivity index (χ0) is 18.7. The molecular formula is C19H27N5O2. The molecule has 1 aromatic heterocycles. The Morgan fingerprint density at radius 2 is 2.08 bits per heavy atom. The zero-order valence-corrected chi connectivity index (χ0v) is 15.7. The number of ether oxygens (including phenoxy) is 1. The molecule has 3 rings (SSSR count). The van der Waals surface area contributed by atoms with Gasteiger partial charge < -0.3 is 10.1 Å². The number of carbonyl (C=O) groups is 1. The van der Waals surface area contributed by atoms with Crippen molar-refractivity contribution in [2.24, 2.45) is 0 Å². The Hall–Kier alpha value is -2.38. The van der Waals surface area contributed by atoms with E-state index < -0.39 is 0 Å². The van der Waals surface area contributed by atoms with Crippen LogP contribution in [0.15, 0.2) is 30.3 Å². The predicted molar refractivity (Wildman–Crippen MR) is 99.7 cm³/mol. The Morgan fingerprint density at radius 1 is 1.35 bits per heavy atom. The molecule has 140 valence electrons. The molecule has 0 spiro atoms. The summed E-state index contributed by atoms with van der Waals surface area (Å²) >= 11 is 0. The van der Waals surface area contributed by atoms with Crippen LogP contribution in [0.5, 0.6) is 5.75 Å². The summed E-state index contributed by atoms with van der Waals surface area (Å²) in [5.74, 6) is 0.828. The second kappa shape index (κ2) is 7.88. The first-order valence-electron chi connectivity index (χ1n) is 8.92. The summed E-state index contributed by atoms with van der Waals surface area (Å²) in [5, 5.41) is 7.52. The average Bonchev–Trinajstić information content (AvgIpc) is 3.22. The number of hydrogen-bond donors (Lipinski definition) is 3. The van der Waals surface area contributed by atoms with Crippen molar-refractivity contribution in [3.63, 3.8) is 0 Å². The molecule has 1 fully saturated rings. The van der Waals surface area contributed by atoms with E-state index in [-0.39, 0.29) is 24.0 Å². The molecule has 3 atom stereocenters. The summed E-state index contributed by atoms with van der Waals surface area (Å²) in [4.78, 5) is 12.6. The van der Waals surface area contributed by atoms with Crippen LogP contribution in [0.2, 0.25) is 0 Å². The Balaban J connectivity index is 1.53. The van der Waals surface area contributed by atoms with Crippen molar-refractivity contribution in [3.8, 4) is 5.75 Å². The second-order valence-electron chi connectivity index (χ2n) is 6.92. The van der Waals surface area contributed by atoms with Gasteiger partial charge in [0.25, 0.3) is 0 Å². The van der Waals surface area contributed by atoms with Gasteiger partial charge in [-0.1, -0.05) is 12.1 Å². The number of hydrogen-bond acceptors (Lipinski definition) is 5. The number of benzene rings is 1. The first-order valence-corrected chi connectivity index (χ1v) is 8.92. The minimum Gasteiger partial charge on any atom is -0.497 e. The lowest BCUT2D eigenvalue weighted by molar-refractivity contribution is -0.123. The van der Waals surface area contributed by atoms with Gasteiger partial charge in [0, 0.05) is 17.8 Å². The summed E-state index contributed by atoms with van der Waals surface area (Å²) < 4.78 is 7.12. The number of amides is 1. The third kappa shape index (κ3) is 4.23. The highest BCUT2D eigenvalue weighted by Crippen LogP contribution is 2.24. The number of nitrogens with zero attached hydrogens (tertiary/aromatic N) is 2. The average molecular weight is 357 g/mol. The van der Waals surface area contributed by atoms with E-state index in [0.717, 1.165) is 22.7 Å². The van der Waals surface area contributed by atoms with Crippen LogP contribution in [0.4, 0.5) is 0 Å². The molecule has 3 unspecified atom stereocenters. The minimum atomic E-state index is -0.259. The van der Waals surface area contributed by atoms with E-state index in [1.165, 1.54) is 0 Å². The summed E-state index contributed by atoms with van der Waals surface area (Å²) in [5.41, 5.74) is 9.53. The van der Waals surface area contributed by atoms with E-state index in [1.54, 1.807) is 7.11 Å². The molecule has 1 amide bonds. The first kappa shape index (κ1) is 18.4. The molecule has 1 aliphatic rings. The van der Waals surface area contributed by atoms with Crippen LogP contribution in [0.1, 0.15) is 36.3 Å². The van der Waals surface area contributed by atoms with Crippen molar-refractivity contribution < 1.29 is 9.53 Å². The quantitative estimate of drug-likeness (QED) is 0.732.